The van der Waals surface area contributed by atoms with Gasteiger partial charge in [0.05, 0.1) is 0 Å². The molecule has 5 heteroatoms. The van der Waals surface area contributed by atoms with Crippen molar-refractivity contribution in [2.45, 2.75) is 12.8 Å². The minimum Gasteiger partial charge on any atom is -0.316 e. The fourth-order valence-corrected chi connectivity index (χ4v) is 2.56. The van der Waals surface area contributed by atoms with Crippen LogP contribution in [-0.4, -0.2) is 18.9 Å². The van der Waals surface area contributed by atoms with Crippen LogP contribution < -0.4 is 5.32 Å². The molecule has 0 spiro atoms. The normalized spacial score (nSPS) is 19.9. The molecule has 0 radical (unpaired) electrons. The van der Waals surface area contributed by atoms with Crippen LogP contribution >= 0.6 is 39.9 Å². The average molecular weight is 339 g/mol. The highest BCUT2D eigenvalue weighted by Crippen LogP contribution is 2.24. The van der Waals surface area contributed by atoms with E-state index in [0.717, 1.165) is 34.6 Å². The zero-order valence-corrected chi connectivity index (χ0v) is 12.4. The van der Waals surface area contributed by atoms with E-state index in [0.29, 0.717) is 12.2 Å². The number of halogens is 3. The van der Waals surface area contributed by atoms with E-state index in [-0.39, 0.29) is 18.3 Å². The van der Waals surface area contributed by atoms with Crippen LogP contribution in [0.25, 0.3) is 0 Å². The molecule has 1 aliphatic heterocycles. The SMILES string of the molecule is Cl.O=C1CCNCC1Cc1cc(Br)ccc1Cl. The molecule has 1 fully saturated rings. The zero-order chi connectivity index (χ0) is 11.5. The van der Waals surface area contributed by atoms with Crippen LogP contribution in [0.2, 0.25) is 5.02 Å². The molecule has 1 heterocycles. The van der Waals surface area contributed by atoms with Crippen molar-refractivity contribution < 1.29 is 4.79 Å². The highest BCUT2D eigenvalue weighted by molar-refractivity contribution is 9.10. The molecule has 17 heavy (non-hydrogen) atoms. The van der Waals surface area contributed by atoms with Gasteiger partial charge in [-0.3, -0.25) is 4.79 Å². The highest BCUT2D eigenvalue weighted by atomic mass is 79.9. The minimum absolute atomic E-state index is 0. The van der Waals surface area contributed by atoms with Gasteiger partial charge in [0, 0.05) is 34.9 Å². The van der Waals surface area contributed by atoms with Gasteiger partial charge in [-0.15, -0.1) is 12.4 Å². The number of carbonyl (C=O) groups is 1. The molecule has 1 aromatic carbocycles. The van der Waals surface area contributed by atoms with Crippen LogP contribution in [-0.2, 0) is 11.2 Å². The summed E-state index contributed by atoms with van der Waals surface area (Å²) in [6.07, 6.45) is 1.36. The van der Waals surface area contributed by atoms with Crippen LogP contribution in [0.1, 0.15) is 12.0 Å². The van der Waals surface area contributed by atoms with Crippen molar-refractivity contribution in [3.63, 3.8) is 0 Å². The maximum atomic E-state index is 11.7. The highest BCUT2D eigenvalue weighted by Gasteiger charge is 2.22. The number of nitrogens with one attached hydrogen (secondary N) is 1. The number of ketones is 1. The van der Waals surface area contributed by atoms with Crippen LogP contribution in [0.3, 0.4) is 0 Å². The lowest BCUT2D eigenvalue weighted by molar-refractivity contribution is -0.123. The Kier molecular flexibility index (Phi) is 5.93. The van der Waals surface area contributed by atoms with Crippen molar-refractivity contribution in [1.82, 2.24) is 5.32 Å². The molecule has 1 saturated heterocycles. The number of hydrogen-bond acceptors (Lipinski definition) is 2. The van der Waals surface area contributed by atoms with E-state index in [1.165, 1.54) is 0 Å². The van der Waals surface area contributed by atoms with E-state index in [1.54, 1.807) is 0 Å². The largest absolute Gasteiger partial charge is 0.316 e. The molecule has 1 N–H and O–H groups in total. The van der Waals surface area contributed by atoms with E-state index in [9.17, 15) is 4.79 Å². The van der Waals surface area contributed by atoms with Crippen molar-refractivity contribution in [3.05, 3.63) is 33.3 Å². The Balaban J connectivity index is 0.00000144. The quantitative estimate of drug-likeness (QED) is 0.896. The lowest BCUT2D eigenvalue weighted by atomic mass is 9.91. The van der Waals surface area contributed by atoms with E-state index in [2.05, 4.69) is 21.2 Å². The van der Waals surface area contributed by atoms with E-state index in [4.69, 9.17) is 11.6 Å². The molecule has 94 valence electrons. The monoisotopic (exact) mass is 337 g/mol. The molecule has 0 aromatic heterocycles. The molecule has 0 saturated carbocycles. The van der Waals surface area contributed by atoms with Crippen LogP contribution in [0.15, 0.2) is 22.7 Å². The molecule has 0 aliphatic carbocycles. The van der Waals surface area contributed by atoms with Gasteiger partial charge in [-0.05, 0) is 30.2 Å². The van der Waals surface area contributed by atoms with E-state index >= 15 is 0 Å². The maximum Gasteiger partial charge on any atom is 0.138 e. The molecule has 1 aliphatic rings. The number of benzene rings is 1. The molecule has 1 unspecified atom stereocenters. The molecule has 1 atom stereocenters. The van der Waals surface area contributed by atoms with Gasteiger partial charge in [0.15, 0.2) is 0 Å². The van der Waals surface area contributed by atoms with Gasteiger partial charge in [0.2, 0.25) is 0 Å². The Morgan fingerprint density at radius 1 is 1.47 bits per heavy atom. The summed E-state index contributed by atoms with van der Waals surface area (Å²) >= 11 is 9.53. The van der Waals surface area contributed by atoms with E-state index < -0.39 is 0 Å². The summed E-state index contributed by atoms with van der Waals surface area (Å²) in [5.41, 5.74) is 1.04. The average Bonchev–Trinajstić information content (AvgIpc) is 2.27. The minimum atomic E-state index is 0. The summed E-state index contributed by atoms with van der Waals surface area (Å²) in [5, 5.41) is 3.98. The topological polar surface area (TPSA) is 29.1 Å². The fourth-order valence-electron chi connectivity index (χ4n) is 1.96. The first-order valence-corrected chi connectivity index (χ1v) is 6.51. The zero-order valence-electron chi connectivity index (χ0n) is 9.21. The lowest BCUT2D eigenvalue weighted by Crippen LogP contribution is -2.37. The molecular formula is C12H14BrCl2NO. The van der Waals surface area contributed by atoms with Gasteiger partial charge in [-0.1, -0.05) is 27.5 Å². The number of piperidine rings is 1. The standard InChI is InChI=1S/C12H13BrClNO.ClH/c13-10-1-2-11(14)8(6-10)5-9-7-15-4-3-12(9)16;/h1-2,6,9,15H,3-5,7H2;1H. The molecule has 0 bridgehead atoms. The molecular weight excluding hydrogens is 325 g/mol. The van der Waals surface area contributed by atoms with Gasteiger partial charge in [-0.2, -0.15) is 0 Å². The van der Waals surface area contributed by atoms with Crippen molar-refractivity contribution in [1.29, 1.82) is 0 Å². The second-order valence-corrected chi connectivity index (χ2v) is 5.38. The third kappa shape index (κ3) is 3.95. The van der Waals surface area contributed by atoms with Crippen molar-refractivity contribution in [2.24, 2.45) is 5.92 Å². The van der Waals surface area contributed by atoms with Crippen molar-refractivity contribution in [2.75, 3.05) is 13.1 Å². The van der Waals surface area contributed by atoms with Crippen molar-refractivity contribution >= 4 is 45.7 Å². The summed E-state index contributed by atoms with van der Waals surface area (Å²) in [7, 11) is 0. The van der Waals surface area contributed by atoms with Gasteiger partial charge in [-0.25, -0.2) is 0 Å². The molecule has 0 amide bonds. The van der Waals surface area contributed by atoms with Crippen molar-refractivity contribution in [3.8, 4) is 0 Å². The van der Waals surface area contributed by atoms with Gasteiger partial charge < -0.3 is 5.32 Å². The number of Topliss-reactive ketones (excluding diaryl/α,β-unsaturated/α-hetero) is 1. The second kappa shape index (κ2) is 6.74. The third-order valence-electron chi connectivity index (χ3n) is 2.87. The Labute approximate surface area is 121 Å². The lowest BCUT2D eigenvalue weighted by Gasteiger charge is -2.22. The Bertz CT molecular complexity index is 411. The van der Waals surface area contributed by atoms with Crippen LogP contribution in [0, 0.1) is 5.92 Å². The predicted molar refractivity (Wildman–Crippen MR) is 76.1 cm³/mol. The summed E-state index contributed by atoms with van der Waals surface area (Å²) < 4.78 is 1.00. The second-order valence-electron chi connectivity index (χ2n) is 4.06. The molecule has 2 rings (SSSR count). The summed E-state index contributed by atoms with van der Waals surface area (Å²) in [5.74, 6) is 0.412. The summed E-state index contributed by atoms with van der Waals surface area (Å²) in [6.45, 7) is 1.57. The van der Waals surface area contributed by atoms with Gasteiger partial charge in [0.25, 0.3) is 0 Å². The summed E-state index contributed by atoms with van der Waals surface area (Å²) in [4.78, 5) is 11.7. The van der Waals surface area contributed by atoms with Gasteiger partial charge >= 0.3 is 0 Å². The number of hydrogen-bond donors (Lipinski definition) is 1. The predicted octanol–water partition coefficient (Wildman–Crippen LogP) is 3.25. The smallest absolute Gasteiger partial charge is 0.138 e. The summed E-state index contributed by atoms with van der Waals surface area (Å²) in [6, 6.07) is 5.76. The first-order valence-electron chi connectivity index (χ1n) is 5.34. The van der Waals surface area contributed by atoms with Crippen LogP contribution in [0.4, 0.5) is 0 Å². The fraction of sp³-hybridized carbons (Fsp3) is 0.417. The van der Waals surface area contributed by atoms with Crippen LogP contribution in [0.5, 0.6) is 0 Å². The third-order valence-corrected chi connectivity index (χ3v) is 3.73. The first-order chi connectivity index (χ1) is 7.66. The molecule has 1 aromatic rings. The number of rotatable bonds is 2. The van der Waals surface area contributed by atoms with Gasteiger partial charge in [0.1, 0.15) is 5.78 Å². The Morgan fingerprint density at radius 3 is 2.94 bits per heavy atom. The Morgan fingerprint density at radius 2 is 2.24 bits per heavy atom. The molecule has 2 nitrogen and oxygen atoms in total. The first kappa shape index (κ1) is 15.0. The maximum absolute atomic E-state index is 11.7. The number of carbonyl (C=O) groups excluding carboxylic acids is 1. The van der Waals surface area contributed by atoms with E-state index in [1.807, 2.05) is 18.2 Å². The Hall–Kier alpha value is -0.0900.